The zero-order valence-electron chi connectivity index (χ0n) is 10.7. The zero-order valence-corrected chi connectivity index (χ0v) is 11.5. The lowest BCUT2D eigenvalue weighted by atomic mass is 10.2. The number of amides is 1. The third-order valence-corrected chi connectivity index (χ3v) is 3.51. The molecule has 3 N–H and O–H groups in total. The van der Waals surface area contributed by atoms with E-state index >= 15 is 0 Å². The number of carboxylic acids is 1. The number of hydrogen-bond donors (Lipinski definition) is 3. The third kappa shape index (κ3) is 3.33. The standard InChI is InChI=1S/C13H13N3O3S/c1-8(12-14-5-6-15-12)16-13(19)11-9(4-7-20-11)2-3-10(17)18/h2-8H,1H3,(H,14,15)(H,16,19)(H,17,18)/b3-2+. The van der Waals surface area contributed by atoms with E-state index in [1.807, 2.05) is 6.92 Å². The molecule has 1 unspecified atom stereocenters. The normalized spacial score (nSPS) is 12.4. The van der Waals surface area contributed by atoms with E-state index in [4.69, 9.17) is 5.11 Å². The molecule has 0 aromatic carbocycles. The molecule has 20 heavy (non-hydrogen) atoms. The molecule has 0 radical (unpaired) electrons. The van der Waals surface area contributed by atoms with Crippen molar-refractivity contribution in [3.8, 4) is 0 Å². The van der Waals surface area contributed by atoms with Gasteiger partial charge in [-0.05, 0) is 30.0 Å². The minimum absolute atomic E-state index is 0.254. The van der Waals surface area contributed by atoms with Crippen molar-refractivity contribution < 1.29 is 14.7 Å². The van der Waals surface area contributed by atoms with Gasteiger partial charge in [0, 0.05) is 18.5 Å². The van der Waals surface area contributed by atoms with Crippen molar-refractivity contribution in [3.05, 3.63) is 46.2 Å². The van der Waals surface area contributed by atoms with Crippen molar-refractivity contribution in [3.63, 3.8) is 0 Å². The van der Waals surface area contributed by atoms with Crippen molar-refractivity contribution >= 4 is 29.3 Å². The molecule has 0 fully saturated rings. The molecular weight excluding hydrogens is 278 g/mol. The van der Waals surface area contributed by atoms with Gasteiger partial charge in [0.2, 0.25) is 0 Å². The Morgan fingerprint density at radius 3 is 3.00 bits per heavy atom. The molecule has 0 spiro atoms. The highest BCUT2D eigenvalue weighted by Crippen LogP contribution is 2.19. The summed E-state index contributed by atoms with van der Waals surface area (Å²) in [6.45, 7) is 1.82. The lowest BCUT2D eigenvalue weighted by Crippen LogP contribution is -2.27. The van der Waals surface area contributed by atoms with Crippen LogP contribution < -0.4 is 5.32 Å². The Morgan fingerprint density at radius 1 is 1.55 bits per heavy atom. The smallest absolute Gasteiger partial charge is 0.328 e. The fraction of sp³-hybridized carbons (Fsp3) is 0.154. The van der Waals surface area contributed by atoms with Crippen LogP contribution in [0.25, 0.3) is 6.08 Å². The first-order valence-electron chi connectivity index (χ1n) is 5.86. The number of hydrogen-bond acceptors (Lipinski definition) is 4. The summed E-state index contributed by atoms with van der Waals surface area (Å²) in [4.78, 5) is 30.1. The lowest BCUT2D eigenvalue weighted by Gasteiger charge is -2.10. The summed E-state index contributed by atoms with van der Waals surface area (Å²) >= 11 is 1.26. The predicted octanol–water partition coefficient (Wildman–Crippen LogP) is 2.06. The molecule has 0 aliphatic carbocycles. The summed E-state index contributed by atoms with van der Waals surface area (Å²) in [6, 6.07) is 1.45. The summed E-state index contributed by atoms with van der Waals surface area (Å²) in [5.74, 6) is -0.641. The minimum Gasteiger partial charge on any atom is -0.478 e. The number of nitrogens with zero attached hydrogens (tertiary/aromatic N) is 1. The third-order valence-electron chi connectivity index (χ3n) is 2.58. The monoisotopic (exact) mass is 291 g/mol. The number of H-pyrrole nitrogens is 1. The number of carbonyl (C=O) groups is 2. The topological polar surface area (TPSA) is 95.1 Å². The van der Waals surface area contributed by atoms with E-state index < -0.39 is 5.97 Å². The molecular formula is C13H13N3O3S. The number of carbonyl (C=O) groups excluding carboxylic acids is 1. The van der Waals surface area contributed by atoms with E-state index in [0.717, 1.165) is 6.08 Å². The summed E-state index contributed by atoms with van der Waals surface area (Å²) in [6.07, 6.45) is 5.72. The van der Waals surface area contributed by atoms with Crippen LogP contribution in [0.5, 0.6) is 0 Å². The Balaban J connectivity index is 2.10. The van der Waals surface area contributed by atoms with Gasteiger partial charge in [-0.25, -0.2) is 9.78 Å². The molecule has 7 heteroatoms. The summed E-state index contributed by atoms with van der Waals surface area (Å²) in [7, 11) is 0. The number of rotatable bonds is 5. The SMILES string of the molecule is CC(NC(=O)c1sccc1/C=C/C(=O)O)c1ncc[nH]1. The molecule has 0 saturated carbocycles. The maximum Gasteiger partial charge on any atom is 0.328 e. The van der Waals surface area contributed by atoms with Gasteiger partial charge in [-0.2, -0.15) is 0 Å². The fourth-order valence-electron chi connectivity index (χ4n) is 1.64. The van der Waals surface area contributed by atoms with Gasteiger partial charge in [0.1, 0.15) is 5.82 Å². The second kappa shape index (κ2) is 6.16. The Kier molecular flexibility index (Phi) is 4.31. The minimum atomic E-state index is -1.05. The van der Waals surface area contributed by atoms with Gasteiger partial charge in [0.25, 0.3) is 5.91 Å². The predicted molar refractivity (Wildman–Crippen MR) is 75.5 cm³/mol. The maximum absolute atomic E-state index is 12.2. The molecule has 1 amide bonds. The number of thiophene rings is 1. The molecule has 104 valence electrons. The molecule has 0 aliphatic heterocycles. The van der Waals surface area contributed by atoms with Gasteiger partial charge in [0.05, 0.1) is 10.9 Å². The maximum atomic E-state index is 12.2. The van der Waals surface area contributed by atoms with Gasteiger partial charge < -0.3 is 15.4 Å². The van der Waals surface area contributed by atoms with Crippen LogP contribution in [-0.2, 0) is 4.79 Å². The van der Waals surface area contributed by atoms with Crippen LogP contribution in [0, 0.1) is 0 Å². The molecule has 2 heterocycles. The van der Waals surface area contributed by atoms with E-state index in [0.29, 0.717) is 16.3 Å². The summed E-state index contributed by atoms with van der Waals surface area (Å²) in [5.41, 5.74) is 0.585. The number of imidazole rings is 1. The van der Waals surface area contributed by atoms with Crippen LogP contribution in [0.15, 0.2) is 29.9 Å². The first-order chi connectivity index (χ1) is 9.58. The fourth-order valence-corrected chi connectivity index (χ4v) is 2.43. The molecule has 6 nitrogen and oxygen atoms in total. The van der Waals surface area contributed by atoms with Gasteiger partial charge in [0.15, 0.2) is 0 Å². The number of aromatic amines is 1. The second-order valence-electron chi connectivity index (χ2n) is 4.05. The van der Waals surface area contributed by atoms with Crippen LogP contribution in [0.4, 0.5) is 0 Å². The van der Waals surface area contributed by atoms with Crippen molar-refractivity contribution in [2.45, 2.75) is 13.0 Å². The number of aliphatic carboxylic acids is 1. The quantitative estimate of drug-likeness (QED) is 0.735. The van der Waals surface area contributed by atoms with Gasteiger partial charge in [-0.15, -0.1) is 11.3 Å². The number of carboxylic acid groups (broad SMARTS) is 1. The largest absolute Gasteiger partial charge is 0.478 e. The molecule has 2 rings (SSSR count). The van der Waals surface area contributed by atoms with E-state index in [-0.39, 0.29) is 11.9 Å². The van der Waals surface area contributed by atoms with E-state index in [9.17, 15) is 9.59 Å². The summed E-state index contributed by atoms with van der Waals surface area (Å²) in [5, 5.41) is 13.2. The van der Waals surface area contributed by atoms with E-state index in [1.165, 1.54) is 17.4 Å². The van der Waals surface area contributed by atoms with Gasteiger partial charge in [-0.1, -0.05) is 0 Å². The zero-order chi connectivity index (χ0) is 14.5. The highest BCUT2D eigenvalue weighted by molar-refractivity contribution is 7.12. The Morgan fingerprint density at radius 2 is 2.35 bits per heavy atom. The first kappa shape index (κ1) is 14.0. The lowest BCUT2D eigenvalue weighted by molar-refractivity contribution is -0.131. The van der Waals surface area contributed by atoms with Gasteiger partial charge in [-0.3, -0.25) is 4.79 Å². The van der Waals surface area contributed by atoms with Crippen molar-refractivity contribution in [1.29, 1.82) is 0 Å². The Labute approximate surface area is 119 Å². The van der Waals surface area contributed by atoms with Crippen molar-refractivity contribution in [2.24, 2.45) is 0 Å². The Hall–Kier alpha value is -2.41. The van der Waals surface area contributed by atoms with E-state index in [1.54, 1.807) is 23.8 Å². The highest BCUT2D eigenvalue weighted by Gasteiger charge is 2.16. The molecule has 0 saturated heterocycles. The average molecular weight is 291 g/mol. The van der Waals surface area contributed by atoms with Crippen LogP contribution >= 0.6 is 11.3 Å². The highest BCUT2D eigenvalue weighted by atomic mass is 32.1. The Bertz CT molecular complexity index is 631. The van der Waals surface area contributed by atoms with Gasteiger partial charge >= 0.3 is 5.97 Å². The molecule has 0 aliphatic rings. The van der Waals surface area contributed by atoms with Crippen molar-refractivity contribution in [2.75, 3.05) is 0 Å². The first-order valence-corrected chi connectivity index (χ1v) is 6.74. The van der Waals surface area contributed by atoms with E-state index in [2.05, 4.69) is 15.3 Å². The summed E-state index contributed by atoms with van der Waals surface area (Å²) < 4.78 is 0. The number of nitrogens with one attached hydrogen (secondary N) is 2. The second-order valence-corrected chi connectivity index (χ2v) is 4.96. The van der Waals surface area contributed by atoms with Crippen molar-refractivity contribution in [1.82, 2.24) is 15.3 Å². The van der Waals surface area contributed by atoms with Crippen LogP contribution in [-0.4, -0.2) is 27.0 Å². The van der Waals surface area contributed by atoms with Crippen LogP contribution in [0.1, 0.15) is 34.0 Å². The van der Waals surface area contributed by atoms with Crippen LogP contribution in [0.3, 0.4) is 0 Å². The number of aromatic nitrogens is 2. The molecule has 2 aromatic rings. The molecule has 0 bridgehead atoms. The van der Waals surface area contributed by atoms with Crippen LogP contribution in [0.2, 0.25) is 0 Å². The molecule has 1 atom stereocenters. The average Bonchev–Trinajstić information content (AvgIpc) is 3.07. The molecule has 2 aromatic heterocycles.